The SMILES string of the molecule is CCNc1nc(Nc2cc(C#N)cc(N)c2Cl)nn2c(C#N)cnc12.COC(=O)N1CCCC(O)C1. The number of nitriles is 2. The summed E-state index contributed by atoms with van der Waals surface area (Å²) in [7, 11) is 1.35. The van der Waals surface area contributed by atoms with Crippen molar-refractivity contribution < 1.29 is 14.6 Å². The lowest BCUT2D eigenvalue weighted by atomic mass is 10.1. The predicted molar refractivity (Wildman–Crippen MR) is 133 cm³/mol. The zero-order valence-corrected chi connectivity index (χ0v) is 20.5. The average molecular weight is 513 g/mol. The van der Waals surface area contributed by atoms with E-state index in [-0.39, 0.29) is 34.5 Å². The fourth-order valence-corrected chi connectivity index (χ4v) is 3.63. The van der Waals surface area contributed by atoms with E-state index in [1.807, 2.05) is 19.1 Å². The first kappa shape index (κ1) is 26.3. The van der Waals surface area contributed by atoms with Crippen molar-refractivity contribution in [2.24, 2.45) is 0 Å². The van der Waals surface area contributed by atoms with E-state index in [1.54, 1.807) is 0 Å². The first-order valence-electron chi connectivity index (χ1n) is 11.0. The van der Waals surface area contributed by atoms with Crippen LogP contribution in [0.3, 0.4) is 0 Å². The molecule has 13 nitrogen and oxygen atoms in total. The number of methoxy groups -OCH3 is 1. The number of benzene rings is 1. The van der Waals surface area contributed by atoms with Crippen LogP contribution in [0, 0.1) is 22.7 Å². The standard InChI is InChI=1S/C15H12ClN9.C7H13NO3/c1-2-20-13-14-21-7-9(6-18)25(14)24-15(23-13)22-11-4-8(5-17)3-10(19)12(11)16;1-11-7(10)8-4-2-3-6(9)5-8/h3-4,7H,2,19H2,1H3,(H2,20,22,23,24);6,9H,2-5H2,1H3. The molecule has 1 fully saturated rings. The van der Waals surface area contributed by atoms with E-state index in [9.17, 15) is 15.2 Å². The van der Waals surface area contributed by atoms with E-state index in [1.165, 1.54) is 34.9 Å². The number of nitrogens with two attached hydrogens (primary N) is 1. The van der Waals surface area contributed by atoms with Crippen molar-refractivity contribution in [1.29, 1.82) is 10.5 Å². The van der Waals surface area contributed by atoms with Crippen molar-refractivity contribution in [1.82, 2.24) is 24.5 Å². The number of hydrogen-bond donors (Lipinski definition) is 4. The highest BCUT2D eigenvalue weighted by Crippen LogP contribution is 2.31. The Bertz CT molecular complexity index is 1330. The molecule has 0 saturated carbocycles. The number of imidazole rings is 1. The van der Waals surface area contributed by atoms with Gasteiger partial charge in [-0.25, -0.2) is 9.78 Å². The summed E-state index contributed by atoms with van der Waals surface area (Å²) >= 11 is 6.19. The van der Waals surface area contributed by atoms with Crippen LogP contribution in [0.2, 0.25) is 5.02 Å². The zero-order valence-electron chi connectivity index (χ0n) is 19.7. The molecule has 1 aliphatic rings. The van der Waals surface area contributed by atoms with Crippen LogP contribution in [0.25, 0.3) is 5.65 Å². The number of nitrogens with one attached hydrogen (secondary N) is 2. The molecular formula is C22H25ClN10O3. The molecule has 1 saturated heterocycles. The maximum Gasteiger partial charge on any atom is 0.409 e. The van der Waals surface area contributed by atoms with Crippen LogP contribution in [0.15, 0.2) is 18.3 Å². The average Bonchev–Trinajstić information content (AvgIpc) is 3.30. The van der Waals surface area contributed by atoms with Gasteiger partial charge in [-0.3, -0.25) is 0 Å². The lowest BCUT2D eigenvalue weighted by Gasteiger charge is -2.28. The molecular weight excluding hydrogens is 488 g/mol. The molecule has 2 aromatic heterocycles. The highest BCUT2D eigenvalue weighted by atomic mass is 35.5. The number of aliphatic hydroxyl groups is 1. The van der Waals surface area contributed by atoms with Gasteiger partial charge in [0.2, 0.25) is 5.95 Å². The number of fused-ring (bicyclic) bond motifs is 1. The van der Waals surface area contributed by atoms with Gasteiger partial charge in [0.25, 0.3) is 0 Å². The minimum Gasteiger partial charge on any atom is -0.453 e. The van der Waals surface area contributed by atoms with E-state index < -0.39 is 0 Å². The number of aliphatic hydroxyl groups excluding tert-OH is 1. The monoisotopic (exact) mass is 512 g/mol. The summed E-state index contributed by atoms with van der Waals surface area (Å²) in [5.41, 5.74) is 7.50. The number of β-amino-alcohol motifs (C(OH)–C–C–N with tert-alkyl or cyclic N) is 1. The molecule has 188 valence electrons. The van der Waals surface area contributed by atoms with Crippen molar-refractivity contribution in [3.05, 3.63) is 34.6 Å². The van der Waals surface area contributed by atoms with Crippen LogP contribution in [0.5, 0.6) is 0 Å². The van der Waals surface area contributed by atoms with Gasteiger partial charge in [-0.2, -0.15) is 20.0 Å². The smallest absolute Gasteiger partial charge is 0.409 e. The number of likely N-dealkylation sites (tertiary alicyclic amines) is 1. The van der Waals surface area contributed by atoms with Crippen molar-refractivity contribution in [3.63, 3.8) is 0 Å². The van der Waals surface area contributed by atoms with Crippen molar-refractivity contribution in [3.8, 4) is 12.1 Å². The normalized spacial score (nSPS) is 14.7. The molecule has 14 heteroatoms. The number of rotatable bonds is 4. The lowest BCUT2D eigenvalue weighted by Crippen LogP contribution is -2.42. The molecule has 0 spiro atoms. The number of aromatic nitrogens is 4. The Balaban J connectivity index is 0.000000275. The second-order valence-corrected chi connectivity index (χ2v) is 8.06. The lowest BCUT2D eigenvalue weighted by molar-refractivity contribution is 0.0580. The van der Waals surface area contributed by atoms with Gasteiger partial charge < -0.3 is 31.1 Å². The maximum absolute atomic E-state index is 10.9. The Hall–Kier alpha value is -4.33. The number of carbonyl (C=O) groups excluding carboxylic acids is 1. The number of piperidine rings is 1. The quantitative estimate of drug-likeness (QED) is 0.375. The summed E-state index contributed by atoms with van der Waals surface area (Å²) in [6, 6.07) is 7.04. The van der Waals surface area contributed by atoms with E-state index in [0.717, 1.165) is 12.8 Å². The summed E-state index contributed by atoms with van der Waals surface area (Å²) in [5, 5.41) is 37.9. The van der Waals surface area contributed by atoms with Crippen LogP contribution in [0.1, 0.15) is 31.0 Å². The molecule has 3 heterocycles. The van der Waals surface area contributed by atoms with Crippen molar-refractivity contribution >= 4 is 46.5 Å². The second kappa shape index (κ2) is 11.9. The third-order valence-corrected chi connectivity index (χ3v) is 5.55. The number of nitrogen functional groups attached to an aromatic ring is 1. The van der Waals surface area contributed by atoms with Gasteiger partial charge in [-0.15, -0.1) is 5.10 Å². The first-order chi connectivity index (χ1) is 17.3. The molecule has 5 N–H and O–H groups in total. The molecule has 0 bridgehead atoms. The molecule has 1 unspecified atom stereocenters. The molecule has 36 heavy (non-hydrogen) atoms. The summed E-state index contributed by atoms with van der Waals surface area (Å²) < 4.78 is 5.89. The third kappa shape index (κ3) is 6.02. The summed E-state index contributed by atoms with van der Waals surface area (Å²) in [4.78, 5) is 20.9. The van der Waals surface area contributed by atoms with Gasteiger partial charge in [0, 0.05) is 19.6 Å². The number of ether oxygens (including phenoxy) is 1. The Morgan fingerprint density at radius 1 is 1.39 bits per heavy atom. The molecule has 3 aromatic rings. The van der Waals surface area contributed by atoms with Crippen LogP contribution >= 0.6 is 11.6 Å². The Morgan fingerprint density at radius 3 is 2.81 bits per heavy atom. The second-order valence-electron chi connectivity index (χ2n) is 7.68. The number of anilines is 4. The van der Waals surface area contributed by atoms with Crippen LogP contribution in [-0.2, 0) is 4.74 Å². The third-order valence-electron chi connectivity index (χ3n) is 5.13. The molecule has 1 atom stereocenters. The largest absolute Gasteiger partial charge is 0.453 e. The van der Waals surface area contributed by atoms with E-state index in [4.69, 9.17) is 22.6 Å². The van der Waals surface area contributed by atoms with Gasteiger partial charge in [0.05, 0.1) is 47.4 Å². The number of hydrogen-bond acceptors (Lipinski definition) is 11. The van der Waals surface area contributed by atoms with E-state index in [2.05, 4.69) is 30.4 Å². The maximum atomic E-state index is 10.9. The van der Waals surface area contributed by atoms with Gasteiger partial charge >= 0.3 is 6.09 Å². The van der Waals surface area contributed by atoms with Gasteiger partial charge in [-0.05, 0) is 31.9 Å². The fourth-order valence-electron chi connectivity index (χ4n) is 3.47. The van der Waals surface area contributed by atoms with Crippen LogP contribution in [0.4, 0.5) is 27.9 Å². The number of carbonyl (C=O) groups is 1. The van der Waals surface area contributed by atoms with Crippen molar-refractivity contribution in [2.45, 2.75) is 25.9 Å². The van der Waals surface area contributed by atoms with Crippen LogP contribution in [-0.4, -0.2) is 68.5 Å². The highest BCUT2D eigenvalue weighted by Gasteiger charge is 2.22. The Labute approximate surface area is 212 Å². The molecule has 1 aliphatic heterocycles. The highest BCUT2D eigenvalue weighted by molar-refractivity contribution is 6.35. The Kier molecular flexibility index (Phi) is 8.67. The zero-order chi connectivity index (χ0) is 26.2. The van der Waals surface area contributed by atoms with Gasteiger partial charge in [0.15, 0.2) is 17.2 Å². The number of halogens is 1. The molecule has 4 rings (SSSR count). The summed E-state index contributed by atoms with van der Waals surface area (Å²) in [6.07, 6.45) is 2.34. The van der Waals surface area contributed by atoms with Gasteiger partial charge in [-0.1, -0.05) is 11.6 Å². The summed E-state index contributed by atoms with van der Waals surface area (Å²) in [6.45, 7) is 3.63. The number of nitrogens with zero attached hydrogens (tertiary/aromatic N) is 7. The number of amides is 1. The fraction of sp³-hybridized carbons (Fsp3) is 0.364. The molecule has 0 radical (unpaired) electrons. The Morgan fingerprint density at radius 2 is 2.17 bits per heavy atom. The predicted octanol–water partition coefficient (Wildman–Crippen LogP) is 2.49. The molecule has 1 aromatic carbocycles. The topological polar surface area (TPSA) is 191 Å². The molecule has 1 amide bonds. The molecule has 0 aliphatic carbocycles. The van der Waals surface area contributed by atoms with Crippen molar-refractivity contribution in [2.75, 3.05) is 43.1 Å². The van der Waals surface area contributed by atoms with E-state index in [0.29, 0.717) is 42.4 Å². The van der Waals surface area contributed by atoms with Gasteiger partial charge in [0.1, 0.15) is 6.07 Å². The van der Waals surface area contributed by atoms with E-state index >= 15 is 0 Å². The summed E-state index contributed by atoms with van der Waals surface area (Å²) in [5.74, 6) is 0.636. The van der Waals surface area contributed by atoms with Crippen LogP contribution < -0.4 is 16.4 Å². The first-order valence-corrected chi connectivity index (χ1v) is 11.4. The minimum absolute atomic E-state index is 0.175. The minimum atomic E-state index is -0.372.